The molecule has 1 atom stereocenters. The molecule has 2 aromatic heterocycles. The summed E-state index contributed by atoms with van der Waals surface area (Å²) in [6, 6.07) is 65.2. The number of allylic oxidation sites excluding steroid dienone is 4. The number of hydrogen-bond acceptors (Lipinski definition) is 3. The molecule has 3 heteroatoms. The molecule has 270 valence electrons. The summed E-state index contributed by atoms with van der Waals surface area (Å²) in [6.45, 7) is 0. The number of anilines is 3. The van der Waals surface area contributed by atoms with Gasteiger partial charge in [-0.1, -0.05) is 133 Å². The highest BCUT2D eigenvalue weighted by molar-refractivity contribution is 6.07. The summed E-state index contributed by atoms with van der Waals surface area (Å²) in [5.41, 5.74) is 15.3. The SMILES string of the molecule is C1=CCC(c2ccc(-c3ccc(N(c4ccc(-c5ccc6oc7ccccc7c6c5)cc4)c4ccc(-c5ccc6oc7ccccc7c6c5)cc4)cc3)cc2)C=C1. The van der Waals surface area contributed by atoms with Crippen LogP contribution in [-0.4, -0.2) is 0 Å². The molecule has 0 fully saturated rings. The van der Waals surface area contributed by atoms with Crippen LogP contribution in [-0.2, 0) is 0 Å². The van der Waals surface area contributed by atoms with Crippen LogP contribution in [0.1, 0.15) is 17.9 Å². The zero-order valence-electron chi connectivity index (χ0n) is 31.2. The predicted octanol–water partition coefficient (Wildman–Crippen LogP) is 15.6. The second-order valence-electron chi connectivity index (χ2n) is 14.9. The molecule has 11 rings (SSSR count). The Hall–Kier alpha value is -7.36. The van der Waals surface area contributed by atoms with Gasteiger partial charge in [0.2, 0.25) is 0 Å². The molecular weight excluding hydrogens is 695 g/mol. The lowest BCUT2D eigenvalue weighted by molar-refractivity contribution is 0.668. The average molecular weight is 732 g/mol. The molecule has 1 aliphatic rings. The van der Waals surface area contributed by atoms with E-state index in [1.807, 2.05) is 24.3 Å². The average Bonchev–Trinajstić information content (AvgIpc) is 3.85. The predicted molar refractivity (Wildman–Crippen MR) is 238 cm³/mol. The number of furan rings is 2. The summed E-state index contributed by atoms with van der Waals surface area (Å²) < 4.78 is 12.2. The Morgan fingerprint density at radius 3 is 1.23 bits per heavy atom. The molecule has 0 radical (unpaired) electrons. The summed E-state index contributed by atoms with van der Waals surface area (Å²) in [4.78, 5) is 2.34. The van der Waals surface area contributed by atoms with Crippen LogP contribution in [0.5, 0.6) is 0 Å². The van der Waals surface area contributed by atoms with E-state index in [1.54, 1.807) is 0 Å². The van der Waals surface area contributed by atoms with E-state index in [1.165, 1.54) is 16.7 Å². The standard InChI is InChI=1S/C54H37NO2/c1-2-8-36(9-3-1)37-14-16-38(17-15-37)39-18-26-44(27-19-39)55(45-28-20-40(21-29-45)42-24-32-53-49(34-42)47-10-4-6-12-51(47)56-53)46-30-22-41(23-31-46)43-25-33-54-50(35-43)48-11-5-7-13-52(48)57-54/h1-8,10-36H,9H2. The van der Waals surface area contributed by atoms with Gasteiger partial charge >= 0.3 is 0 Å². The Morgan fingerprint density at radius 1 is 0.368 bits per heavy atom. The van der Waals surface area contributed by atoms with Crippen LogP contribution in [0.4, 0.5) is 17.1 Å². The van der Waals surface area contributed by atoms with Gasteiger partial charge in [0.1, 0.15) is 22.3 Å². The molecule has 3 nitrogen and oxygen atoms in total. The molecule has 57 heavy (non-hydrogen) atoms. The highest BCUT2D eigenvalue weighted by atomic mass is 16.3. The second-order valence-corrected chi connectivity index (χ2v) is 14.9. The van der Waals surface area contributed by atoms with Crippen LogP contribution in [0, 0.1) is 0 Å². The summed E-state index contributed by atoms with van der Waals surface area (Å²) >= 11 is 0. The Kier molecular flexibility index (Phi) is 7.96. The first-order chi connectivity index (χ1) is 28.2. The monoisotopic (exact) mass is 731 g/mol. The fourth-order valence-electron chi connectivity index (χ4n) is 8.42. The van der Waals surface area contributed by atoms with Crippen LogP contribution < -0.4 is 4.90 Å². The molecule has 0 saturated heterocycles. The Morgan fingerprint density at radius 2 is 0.772 bits per heavy atom. The van der Waals surface area contributed by atoms with Gasteiger partial charge < -0.3 is 13.7 Å². The van der Waals surface area contributed by atoms with Crippen molar-refractivity contribution in [1.29, 1.82) is 0 Å². The van der Waals surface area contributed by atoms with Crippen LogP contribution in [0.15, 0.2) is 215 Å². The Balaban J connectivity index is 0.941. The first kappa shape index (κ1) is 33.0. The summed E-state index contributed by atoms with van der Waals surface area (Å²) in [6.07, 6.45) is 9.86. The van der Waals surface area contributed by atoms with Crippen molar-refractivity contribution in [3.05, 3.63) is 212 Å². The van der Waals surface area contributed by atoms with Crippen molar-refractivity contribution in [1.82, 2.24) is 0 Å². The zero-order chi connectivity index (χ0) is 37.7. The first-order valence-corrected chi connectivity index (χ1v) is 19.6. The third-order valence-corrected chi connectivity index (χ3v) is 11.4. The molecule has 0 spiro atoms. The second kappa shape index (κ2) is 13.7. The maximum Gasteiger partial charge on any atom is 0.135 e. The normalized spacial score (nSPS) is 13.9. The number of rotatable bonds is 7. The summed E-state index contributed by atoms with van der Waals surface area (Å²) in [7, 11) is 0. The van der Waals surface area contributed by atoms with Gasteiger partial charge in [0, 0.05) is 44.5 Å². The van der Waals surface area contributed by atoms with Gasteiger partial charge in [-0.05, 0) is 118 Å². The van der Waals surface area contributed by atoms with Gasteiger partial charge in [-0.15, -0.1) is 0 Å². The van der Waals surface area contributed by atoms with Crippen molar-refractivity contribution in [3.63, 3.8) is 0 Å². The smallest absolute Gasteiger partial charge is 0.135 e. The largest absolute Gasteiger partial charge is 0.456 e. The van der Waals surface area contributed by atoms with Crippen molar-refractivity contribution < 1.29 is 8.83 Å². The van der Waals surface area contributed by atoms with Crippen LogP contribution in [0.2, 0.25) is 0 Å². The topological polar surface area (TPSA) is 29.5 Å². The van der Waals surface area contributed by atoms with Gasteiger partial charge in [-0.3, -0.25) is 0 Å². The molecule has 2 heterocycles. The van der Waals surface area contributed by atoms with Crippen LogP contribution in [0.25, 0.3) is 77.3 Å². The van der Waals surface area contributed by atoms with E-state index in [4.69, 9.17) is 8.83 Å². The highest BCUT2D eigenvalue weighted by Crippen LogP contribution is 2.40. The quantitative estimate of drug-likeness (QED) is 0.163. The lowest BCUT2D eigenvalue weighted by atomic mass is 9.91. The van der Waals surface area contributed by atoms with E-state index in [0.29, 0.717) is 5.92 Å². The minimum atomic E-state index is 0.444. The van der Waals surface area contributed by atoms with Crippen molar-refractivity contribution in [3.8, 4) is 33.4 Å². The van der Waals surface area contributed by atoms with Gasteiger partial charge in [-0.25, -0.2) is 0 Å². The van der Waals surface area contributed by atoms with Crippen molar-refractivity contribution in [2.24, 2.45) is 0 Å². The molecular formula is C54H37NO2. The molecule has 0 aliphatic heterocycles. The van der Waals surface area contributed by atoms with Gasteiger partial charge in [-0.2, -0.15) is 0 Å². The summed E-state index contributed by atoms with van der Waals surface area (Å²) in [5.74, 6) is 0.444. The fraction of sp³-hybridized carbons (Fsp3) is 0.0370. The Labute approximate surface area is 331 Å². The zero-order valence-corrected chi connectivity index (χ0v) is 31.2. The lowest BCUT2D eigenvalue weighted by Gasteiger charge is -2.26. The van der Waals surface area contributed by atoms with Crippen molar-refractivity contribution in [2.45, 2.75) is 12.3 Å². The van der Waals surface area contributed by atoms with Crippen LogP contribution in [0.3, 0.4) is 0 Å². The molecule has 10 aromatic rings. The van der Waals surface area contributed by atoms with E-state index in [-0.39, 0.29) is 0 Å². The number of fused-ring (bicyclic) bond motifs is 6. The minimum Gasteiger partial charge on any atom is -0.456 e. The first-order valence-electron chi connectivity index (χ1n) is 19.6. The molecule has 0 saturated carbocycles. The Bertz CT molecular complexity index is 2970. The summed E-state index contributed by atoms with van der Waals surface area (Å²) in [5, 5.41) is 4.53. The minimum absolute atomic E-state index is 0.444. The third kappa shape index (κ3) is 6.01. The number of benzene rings is 8. The molecule has 0 amide bonds. The molecule has 0 N–H and O–H groups in total. The number of nitrogens with zero attached hydrogens (tertiary/aromatic N) is 1. The maximum atomic E-state index is 6.11. The lowest BCUT2D eigenvalue weighted by Crippen LogP contribution is -2.09. The number of para-hydroxylation sites is 2. The van der Waals surface area contributed by atoms with Crippen molar-refractivity contribution in [2.75, 3.05) is 4.90 Å². The fourth-order valence-corrected chi connectivity index (χ4v) is 8.42. The van der Waals surface area contributed by atoms with E-state index in [0.717, 1.165) is 89.6 Å². The van der Waals surface area contributed by atoms with E-state index in [9.17, 15) is 0 Å². The molecule has 1 aliphatic carbocycles. The van der Waals surface area contributed by atoms with Gasteiger partial charge in [0.05, 0.1) is 0 Å². The molecule has 8 aromatic carbocycles. The van der Waals surface area contributed by atoms with E-state index >= 15 is 0 Å². The van der Waals surface area contributed by atoms with E-state index < -0.39 is 0 Å². The molecule has 1 unspecified atom stereocenters. The third-order valence-electron chi connectivity index (χ3n) is 11.4. The number of hydrogen-bond donors (Lipinski definition) is 0. The van der Waals surface area contributed by atoms with Crippen LogP contribution >= 0.6 is 0 Å². The maximum absolute atomic E-state index is 6.11. The van der Waals surface area contributed by atoms with E-state index in [2.05, 4.69) is 187 Å². The van der Waals surface area contributed by atoms with Gasteiger partial charge in [0.15, 0.2) is 0 Å². The highest BCUT2D eigenvalue weighted by Gasteiger charge is 2.16. The molecule has 0 bridgehead atoms. The van der Waals surface area contributed by atoms with Gasteiger partial charge in [0.25, 0.3) is 0 Å². The van der Waals surface area contributed by atoms with Crippen molar-refractivity contribution >= 4 is 60.9 Å².